The van der Waals surface area contributed by atoms with E-state index in [2.05, 4.69) is 125 Å². The monoisotopic (exact) mass is 1010 g/mol. The lowest BCUT2D eigenvalue weighted by Gasteiger charge is -2.43. The highest BCUT2D eigenvalue weighted by Gasteiger charge is 2.50. The molecule has 1 aliphatic rings. The molecule has 0 aromatic carbocycles. The lowest BCUT2D eigenvalue weighted by atomic mass is 9.85. The molecule has 1 rings (SSSR count). The molecule has 1 fully saturated rings. The summed E-state index contributed by atoms with van der Waals surface area (Å²) >= 11 is 0. The minimum atomic E-state index is -5.23. The highest BCUT2D eigenvalue weighted by atomic mass is 31.2. The van der Waals surface area contributed by atoms with Crippen LogP contribution in [0.25, 0.3) is 0 Å². The average molecular weight is 1010 g/mol. The van der Waals surface area contributed by atoms with E-state index in [1.165, 1.54) is 44.6 Å². The summed E-state index contributed by atoms with van der Waals surface area (Å²) in [6.07, 6.45) is 26.3. The molecule has 0 aromatic heterocycles. The van der Waals surface area contributed by atoms with Crippen LogP contribution in [0.4, 0.5) is 0 Å². The zero-order valence-electron chi connectivity index (χ0n) is 46.1. The number of ether oxygens (including phenoxy) is 2. The van der Waals surface area contributed by atoms with Crippen molar-refractivity contribution in [2.45, 2.75) is 229 Å². The Kier molecular flexibility index (Phi) is 35.3. The molecule has 0 bridgehead atoms. The van der Waals surface area contributed by atoms with E-state index in [1.54, 1.807) is 0 Å². The van der Waals surface area contributed by atoms with Gasteiger partial charge in [-0.3, -0.25) is 4.57 Å². The van der Waals surface area contributed by atoms with Crippen molar-refractivity contribution in [3.05, 3.63) is 116 Å². The van der Waals surface area contributed by atoms with E-state index in [0.717, 1.165) is 114 Å². The van der Waals surface area contributed by atoms with Gasteiger partial charge in [0.15, 0.2) is 0 Å². The SMILES string of the molecule is CC(C)=CCC/C(C)=C/CC/C(C)=C/CC/C(C)=C/CC/C(C)=C/COCC(COP(=O)([O-])OC1[C@H](O)[C@H](O)C(O)[C@H](O)[C@H]1O)OC/C=C(\C)CC/C=C(\C)CC/C=C(\C)CC/C=C(\C)CCC=C(C)C. The van der Waals surface area contributed by atoms with Crippen molar-refractivity contribution in [3.8, 4) is 0 Å². The maximum atomic E-state index is 12.9. The number of aliphatic hydroxyl groups excluding tert-OH is 5. The first kappa shape index (κ1) is 66.2. The fourth-order valence-corrected chi connectivity index (χ4v) is 8.78. The van der Waals surface area contributed by atoms with Crippen molar-refractivity contribution in [3.63, 3.8) is 0 Å². The first-order chi connectivity index (χ1) is 33.5. The van der Waals surface area contributed by atoms with Gasteiger partial charge in [0, 0.05) is 0 Å². The second kappa shape index (κ2) is 37.9. The molecule has 5 N–H and O–H groups in total. The van der Waals surface area contributed by atoms with Gasteiger partial charge in [0.25, 0.3) is 7.82 Å². The van der Waals surface area contributed by atoms with Gasteiger partial charge in [-0.2, -0.15) is 0 Å². The van der Waals surface area contributed by atoms with E-state index in [-0.39, 0.29) is 19.8 Å². The Morgan fingerprint density at radius 2 is 0.704 bits per heavy atom. The van der Waals surface area contributed by atoms with Gasteiger partial charge in [0.05, 0.1) is 26.4 Å². The summed E-state index contributed by atoms with van der Waals surface area (Å²) in [5.74, 6) is 0. The van der Waals surface area contributed by atoms with E-state index < -0.39 is 57.2 Å². The summed E-state index contributed by atoms with van der Waals surface area (Å²) in [6, 6.07) is 0. The second-order valence-electron chi connectivity index (χ2n) is 20.5. The first-order valence-electron chi connectivity index (χ1n) is 26.3. The molecule has 0 saturated heterocycles. The Morgan fingerprint density at radius 3 is 1.03 bits per heavy atom. The van der Waals surface area contributed by atoms with Crippen molar-refractivity contribution in [2.75, 3.05) is 26.4 Å². The number of phosphoric ester groups is 1. The summed E-state index contributed by atoms with van der Waals surface area (Å²) in [5.41, 5.74) is 13.5. The van der Waals surface area contributed by atoms with Gasteiger partial charge in [-0.25, -0.2) is 0 Å². The summed E-state index contributed by atoms with van der Waals surface area (Å²) in [6.45, 7) is 25.8. The molecule has 0 amide bonds. The largest absolute Gasteiger partial charge is 0.756 e. The smallest absolute Gasteiger partial charge is 0.268 e. The standard InChI is InChI=1S/C59H99O11P/c1-43(2)21-13-23-45(5)25-15-27-47(7)29-17-31-49(9)33-19-35-51(11)37-39-67-41-53(42-69-71(65,66)70-59-57(63)55(61)54(60)56(62)58(59)64)68-40-38-52(12)36-20-34-50(10)32-18-30-48(8)28-16-26-46(6)24-14-22-44(3)4/h21-22,25-26,29-30,33-34,37-38,53-64H,13-20,23-24,27-28,31-32,35-36,39-42H2,1-12H3,(H,65,66)/p-1/b45-25+,46-26+,47-29+,48-30+,49-33+,50-34+,51-37+,52-38+/t53?,54?,55-,56+,57-,58-,59?/m1/s1. The lowest BCUT2D eigenvalue weighted by Crippen LogP contribution is -2.64. The third-order valence-corrected chi connectivity index (χ3v) is 13.7. The zero-order valence-corrected chi connectivity index (χ0v) is 47.0. The third kappa shape index (κ3) is 32.9. The topological polar surface area (TPSA) is 178 Å². The van der Waals surface area contributed by atoms with Crippen LogP contribution in [-0.2, 0) is 23.1 Å². The molecule has 1 saturated carbocycles. The molecule has 0 spiro atoms. The average Bonchev–Trinajstić information content (AvgIpc) is 3.29. The highest BCUT2D eigenvalue weighted by molar-refractivity contribution is 7.45. The number of aliphatic hydroxyl groups is 5. The molecular formula is C59H98O11P-. The number of phosphoric acid groups is 1. The van der Waals surface area contributed by atoms with Crippen LogP contribution in [-0.4, -0.2) is 94.7 Å². The van der Waals surface area contributed by atoms with Crippen LogP contribution in [0.1, 0.15) is 186 Å². The number of allylic oxidation sites excluding steroid dienone is 18. The zero-order chi connectivity index (χ0) is 53.4. The molecule has 12 heteroatoms. The van der Waals surface area contributed by atoms with Crippen LogP contribution in [0, 0.1) is 0 Å². The first-order valence-corrected chi connectivity index (χ1v) is 27.7. The van der Waals surface area contributed by atoms with E-state index in [1.807, 2.05) is 19.1 Å². The predicted octanol–water partition coefficient (Wildman–Crippen LogP) is 12.8. The van der Waals surface area contributed by atoms with Crippen molar-refractivity contribution < 1.29 is 53.5 Å². The van der Waals surface area contributed by atoms with Gasteiger partial charge >= 0.3 is 0 Å². The lowest BCUT2D eigenvalue weighted by molar-refractivity contribution is -0.261. The van der Waals surface area contributed by atoms with Gasteiger partial charge < -0.3 is 48.9 Å². The van der Waals surface area contributed by atoms with Gasteiger partial charge in [0.2, 0.25) is 0 Å². The summed E-state index contributed by atoms with van der Waals surface area (Å²) < 4.78 is 34.9. The Balaban J connectivity index is 2.74. The van der Waals surface area contributed by atoms with E-state index in [4.69, 9.17) is 18.5 Å². The third-order valence-electron chi connectivity index (χ3n) is 12.7. The van der Waals surface area contributed by atoms with Crippen LogP contribution in [0.5, 0.6) is 0 Å². The Bertz CT molecular complexity index is 1870. The summed E-state index contributed by atoms with van der Waals surface area (Å²) in [7, 11) is -5.23. The molecule has 1 aliphatic carbocycles. The van der Waals surface area contributed by atoms with Gasteiger partial charge in [-0.1, -0.05) is 116 Å². The highest BCUT2D eigenvalue weighted by Crippen LogP contribution is 2.43. The molecule has 8 atom stereocenters. The van der Waals surface area contributed by atoms with Crippen LogP contribution in [0.3, 0.4) is 0 Å². The fraction of sp³-hybridized carbons (Fsp3) is 0.661. The van der Waals surface area contributed by atoms with Crippen LogP contribution < -0.4 is 4.89 Å². The maximum Gasteiger partial charge on any atom is 0.268 e. The fourth-order valence-electron chi connectivity index (χ4n) is 7.82. The van der Waals surface area contributed by atoms with Crippen LogP contribution in [0.2, 0.25) is 0 Å². The number of rotatable bonds is 36. The van der Waals surface area contributed by atoms with Gasteiger partial charge in [-0.15, -0.1) is 0 Å². The molecule has 0 aliphatic heterocycles. The number of hydrogen-bond acceptors (Lipinski definition) is 11. The second-order valence-corrected chi connectivity index (χ2v) is 21.9. The molecule has 0 aromatic rings. The van der Waals surface area contributed by atoms with E-state index in [9.17, 15) is 35.0 Å². The minimum Gasteiger partial charge on any atom is -0.756 e. The Labute approximate surface area is 431 Å². The molecule has 71 heavy (non-hydrogen) atoms. The quantitative estimate of drug-likeness (QED) is 0.0229. The van der Waals surface area contributed by atoms with Gasteiger partial charge in [-0.05, 0) is 186 Å². The molecule has 11 nitrogen and oxygen atoms in total. The number of hydrogen-bond donors (Lipinski definition) is 5. The molecule has 4 unspecified atom stereocenters. The van der Waals surface area contributed by atoms with Crippen molar-refractivity contribution in [1.82, 2.24) is 0 Å². The van der Waals surface area contributed by atoms with Gasteiger partial charge in [0.1, 0.15) is 42.7 Å². The van der Waals surface area contributed by atoms with Crippen molar-refractivity contribution >= 4 is 7.82 Å². The molecule has 0 heterocycles. The normalized spacial score (nSPS) is 22.7. The maximum absolute atomic E-state index is 12.9. The molecular weight excluding hydrogens is 916 g/mol. The summed E-state index contributed by atoms with van der Waals surface area (Å²) in [4.78, 5) is 12.9. The van der Waals surface area contributed by atoms with Crippen molar-refractivity contribution in [1.29, 1.82) is 0 Å². The van der Waals surface area contributed by atoms with Crippen molar-refractivity contribution in [2.24, 2.45) is 0 Å². The van der Waals surface area contributed by atoms with E-state index in [0.29, 0.717) is 0 Å². The molecule has 0 radical (unpaired) electrons. The van der Waals surface area contributed by atoms with Crippen LogP contribution in [0.15, 0.2) is 116 Å². The van der Waals surface area contributed by atoms with Crippen LogP contribution >= 0.6 is 7.82 Å². The predicted molar refractivity (Wildman–Crippen MR) is 292 cm³/mol. The molecule has 406 valence electrons. The summed E-state index contributed by atoms with van der Waals surface area (Å²) in [5, 5.41) is 50.6. The van der Waals surface area contributed by atoms with E-state index >= 15 is 0 Å². The minimum absolute atomic E-state index is 0.00409. The Hall–Kier alpha value is -2.77. The Morgan fingerprint density at radius 1 is 0.423 bits per heavy atom.